The molecular weight excluding hydrogens is 172 g/mol. The summed E-state index contributed by atoms with van der Waals surface area (Å²) in [5.74, 6) is 2.31. The molecule has 1 aliphatic carbocycles. The molecule has 1 unspecified atom stereocenters. The Hall–Kier alpha value is -0.690. The summed E-state index contributed by atoms with van der Waals surface area (Å²) in [5, 5.41) is 9.77. The zero-order valence-electron chi connectivity index (χ0n) is 6.84. The predicted molar refractivity (Wildman–Crippen MR) is 49.2 cm³/mol. The van der Waals surface area contributed by atoms with E-state index >= 15 is 0 Å². The number of rotatable bonds is 1. The van der Waals surface area contributed by atoms with Crippen LogP contribution in [0.25, 0.3) is 0 Å². The minimum Gasteiger partial charge on any atom is -0.508 e. The van der Waals surface area contributed by atoms with Gasteiger partial charge in [0.15, 0.2) is 0 Å². The quantitative estimate of drug-likeness (QED) is 0.706. The van der Waals surface area contributed by atoms with Gasteiger partial charge in [-0.15, -0.1) is 0 Å². The van der Waals surface area contributed by atoms with Gasteiger partial charge in [-0.1, -0.05) is 24.6 Å². The van der Waals surface area contributed by atoms with E-state index < -0.39 is 0 Å². The second kappa shape index (κ2) is 2.67. The van der Waals surface area contributed by atoms with Gasteiger partial charge in [-0.3, -0.25) is 0 Å². The zero-order valence-corrected chi connectivity index (χ0v) is 7.60. The first-order valence-corrected chi connectivity index (χ1v) is 4.41. The van der Waals surface area contributed by atoms with Crippen molar-refractivity contribution < 1.29 is 5.11 Å². The highest BCUT2D eigenvalue weighted by molar-refractivity contribution is 6.31. The third kappa shape index (κ3) is 1.29. The van der Waals surface area contributed by atoms with Crippen LogP contribution < -0.4 is 0 Å². The maximum atomic E-state index is 9.11. The number of phenolic OH excluding ortho intramolecular Hbond substituents is 1. The molecule has 0 spiro atoms. The Morgan fingerprint density at radius 2 is 2.17 bits per heavy atom. The van der Waals surface area contributed by atoms with Gasteiger partial charge >= 0.3 is 0 Å². The van der Waals surface area contributed by atoms with E-state index in [1.54, 1.807) is 12.1 Å². The molecule has 63 valence electrons. The van der Waals surface area contributed by atoms with Crippen LogP contribution in [0.5, 0.6) is 5.75 Å². The van der Waals surface area contributed by atoms with Crippen molar-refractivity contribution in [2.75, 3.05) is 0 Å². The molecule has 0 aromatic heterocycles. The fourth-order valence-electron chi connectivity index (χ4n) is 1.41. The van der Waals surface area contributed by atoms with Gasteiger partial charge in [-0.25, -0.2) is 0 Å². The molecule has 1 radical (unpaired) electrons. The molecule has 1 aromatic rings. The molecule has 1 nitrogen and oxygen atoms in total. The molecule has 2 rings (SSSR count). The van der Waals surface area contributed by atoms with Gasteiger partial charge in [0, 0.05) is 10.9 Å². The molecule has 1 N–H and O–H groups in total. The largest absolute Gasteiger partial charge is 0.508 e. The lowest BCUT2D eigenvalue weighted by Gasteiger charge is -2.01. The van der Waals surface area contributed by atoms with E-state index in [0.717, 1.165) is 12.0 Å². The van der Waals surface area contributed by atoms with Crippen LogP contribution in [0.3, 0.4) is 0 Å². The summed E-state index contributed by atoms with van der Waals surface area (Å²) >= 11 is 5.95. The molecule has 12 heavy (non-hydrogen) atoms. The van der Waals surface area contributed by atoms with Crippen molar-refractivity contribution >= 4 is 11.6 Å². The van der Waals surface area contributed by atoms with Crippen molar-refractivity contribution in [2.45, 2.75) is 13.3 Å². The molecule has 1 aliphatic rings. The Labute approximate surface area is 77.0 Å². The zero-order chi connectivity index (χ0) is 8.72. The molecule has 0 bridgehead atoms. The molecule has 1 saturated carbocycles. The third-order valence-corrected chi connectivity index (χ3v) is 2.57. The SMILES string of the molecule is CC1C[C]1c1ccc(O)cc1Cl. The fourth-order valence-corrected chi connectivity index (χ4v) is 1.71. The van der Waals surface area contributed by atoms with Gasteiger partial charge in [0.1, 0.15) is 5.75 Å². The molecule has 0 heterocycles. The second-order valence-electron chi connectivity index (χ2n) is 3.29. The van der Waals surface area contributed by atoms with E-state index in [2.05, 4.69) is 6.92 Å². The topological polar surface area (TPSA) is 20.2 Å². The highest BCUT2D eigenvalue weighted by Crippen LogP contribution is 2.48. The fraction of sp³-hybridized carbons (Fsp3) is 0.300. The van der Waals surface area contributed by atoms with E-state index in [1.807, 2.05) is 6.07 Å². The first kappa shape index (κ1) is 7.93. The van der Waals surface area contributed by atoms with Crippen molar-refractivity contribution in [3.8, 4) is 5.75 Å². The number of phenols is 1. The highest BCUT2D eigenvalue weighted by atomic mass is 35.5. The van der Waals surface area contributed by atoms with E-state index in [4.69, 9.17) is 16.7 Å². The maximum Gasteiger partial charge on any atom is 0.117 e. The summed E-state index contributed by atoms with van der Waals surface area (Å²) in [6.45, 7) is 2.18. The van der Waals surface area contributed by atoms with Crippen molar-refractivity contribution in [3.63, 3.8) is 0 Å². The van der Waals surface area contributed by atoms with Gasteiger partial charge in [0.05, 0.1) is 0 Å². The molecule has 2 heteroatoms. The van der Waals surface area contributed by atoms with Crippen molar-refractivity contribution in [1.29, 1.82) is 0 Å². The van der Waals surface area contributed by atoms with Crippen LogP contribution in [0.1, 0.15) is 18.9 Å². The molecule has 1 atom stereocenters. The van der Waals surface area contributed by atoms with E-state index in [0.29, 0.717) is 10.9 Å². The summed E-state index contributed by atoms with van der Waals surface area (Å²) < 4.78 is 0. The molecule has 1 aromatic carbocycles. The number of hydrogen-bond donors (Lipinski definition) is 1. The Morgan fingerprint density at radius 3 is 2.67 bits per heavy atom. The lowest BCUT2D eigenvalue weighted by atomic mass is 10.1. The molecule has 0 amide bonds. The molecule has 1 fully saturated rings. The first-order valence-electron chi connectivity index (χ1n) is 4.03. The summed E-state index contributed by atoms with van der Waals surface area (Å²) in [6, 6.07) is 5.16. The minimum atomic E-state index is 0.234. The van der Waals surface area contributed by atoms with Crippen molar-refractivity contribution in [3.05, 3.63) is 34.7 Å². The van der Waals surface area contributed by atoms with Gasteiger partial charge < -0.3 is 5.11 Å². The van der Waals surface area contributed by atoms with Gasteiger partial charge in [-0.2, -0.15) is 0 Å². The van der Waals surface area contributed by atoms with Gasteiger partial charge in [-0.05, 0) is 30.0 Å². The van der Waals surface area contributed by atoms with Crippen LogP contribution in [0.4, 0.5) is 0 Å². The number of hydrogen-bond acceptors (Lipinski definition) is 1. The lowest BCUT2D eigenvalue weighted by Crippen LogP contribution is -1.83. The summed E-state index contributed by atoms with van der Waals surface area (Å²) in [4.78, 5) is 0. The van der Waals surface area contributed by atoms with E-state index in [-0.39, 0.29) is 5.75 Å². The standard InChI is InChI=1S/C10H10ClO/c1-6-4-9(6)8-3-2-7(12)5-10(8)11/h2-3,5-6,12H,4H2,1H3. The maximum absolute atomic E-state index is 9.11. The monoisotopic (exact) mass is 181 g/mol. The Morgan fingerprint density at radius 1 is 1.50 bits per heavy atom. The van der Waals surface area contributed by atoms with Crippen LogP contribution in [-0.4, -0.2) is 5.11 Å². The Bertz CT molecular complexity index is 309. The summed E-state index contributed by atoms with van der Waals surface area (Å²) in [5.41, 5.74) is 1.10. The number of aromatic hydroxyl groups is 1. The molecule has 0 saturated heterocycles. The van der Waals surface area contributed by atoms with Gasteiger partial charge in [0.2, 0.25) is 0 Å². The summed E-state index contributed by atoms with van der Waals surface area (Å²) in [7, 11) is 0. The smallest absolute Gasteiger partial charge is 0.117 e. The second-order valence-corrected chi connectivity index (χ2v) is 3.70. The van der Waals surface area contributed by atoms with Gasteiger partial charge in [0.25, 0.3) is 0 Å². The third-order valence-electron chi connectivity index (χ3n) is 2.26. The highest BCUT2D eigenvalue weighted by Gasteiger charge is 2.36. The van der Waals surface area contributed by atoms with Crippen LogP contribution in [0.2, 0.25) is 5.02 Å². The Kier molecular flexibility index (Phi) is 1.76. The van der Waals surface area contributed by atoms with Crippen LogP contribution >= 0.6 is 11.6 Å². The molecular formula is C10H10ClO. The minimum absolute atomic E-state index is 0.234. The van der Waals surface area contributed by atoms with E-state index in [9.17, 15) is 0 Å². The number of benzene rings is 1. The van der Waals surface area contributed by atoms with Crippen LogP contribution in [0.15, 0.2) is 18.2 Å². The average molecular weight is 182 g/mol. The number of halogens is 1. The summed E-state index contributed by atoms with van der Waals surface area (Å²) in [6.07, 6.45) is 1.14. The van der Waals surface area contributed by atoms with Crippen LogP contribution in [-0.2, 0) is 0 Å². The van der Waals surface area contributed by atoms with Crippen molar-refractivity contribution in [1.82, 2.24) is 0 Å². The van der Waals surface area contributed by atoms with Crippen LogP contribution in [0, 0.1) is 11.8 Å². The normalized spacial score (nSPS) is 22.7. The predicted octanol–water partition coefficient (Wildman–Crippen LogP) is 3.01. The van der Waals surface area contributed by atoms with Crippen molar-refractivity contribution in [2.24, 2.45) is 5.92 Å². The first-order chi connectivity index (χ1) is 5.68. The lowest BCUT2D eigenvalue weighted by molar-refractivity contribution is 0.475. The molecule has 0 aliphatic heterocycles. The Balaban J connectivity index is 2.33. The van der Waals surface area contributed by atoms with E-state index in [1.165, 1.54) is 5.92 Å². The average Bonchev–Trinajstić information content (AvgIpc) is 2.66.